The first-order valence-electron chi connectivity index (χ1n) is 10.00. The molecule has 0 aromatic rings. The minimum absolute atomic E-state index is 0.0672. The number of aliphatic hydroxyl groups excluding tert-OH is 1. The highest BCUT2D eigenvalue weighted by Crippen LogP contribution is 2.38. The maximum Gasteiger partial charge on any atom is 0.340 e. The molecule has 1 saturated heterocycles. The van der Waals surface area contributed by atoms with Crippen LogP contribution in [0.4, 0.5) is 0 Å². The van der Waals surface area contributed by atoms with Crippen LogP contribution in [0.2, 0.25) is 0 Å². The summed E-state index contributed by atoms with van der Waals surface area (Å²) in [6, 6.07) is 0. The van der Waals surface area contributed by atoms with Gasteiger partial charge in [-0.3, -0.25) is 4.79 Å². The van der Waals surface area contributed by atoms with Crippen LogP contribution < -0.4 is 0 Å². The van der Waals surface area contributed by atoms with Crippen molar-refractivity contribution in [3.8, 4) is 0 Å². The van der Waals surface area contributed by atoms with E-state index in [2.05, 4.69) is 6.58 Å². The molecule has 32 heavy (non-hydrogen) atoms. The maximum absolute atomic E-state index is 12.7. The van der Waals surface area contributed by atoms with E-state index in [0.717, 1.165) is 26.5 Å². The van der Waals surface area contributed by atoms with E-state index in [1.165, 1.54) is 6.08 Å². The van der Waals surface area contributed by atoms with Crippen LogP contribution in [0.5, 0.6) is 0 Å². The summed E-state index contributed by atoms with van der Waals surface area (Å²) in [5.74, 6) is -4.68. The molecule has 0 amide bonds. The Kier molecular flexibility index (Phi) is 7.97. The highest BCUT2D eigenvalue weighted by atomic mass is 16.6. The predicted molar refractivity (Wildman–Crippen MR) is 109 cm³/mol. The van der Waals surface area contributed by atoms with Gasteiger partial charge in [-0.05, 0) is 32.8 Å². The predicted octanol–water partition coefficient (Wildman–Crippen LogP) is 0.511. The Morgan fingerprint density at radius 3 is 2.53 bits per heavy atom. The second-order valence-corrected chi connectivity index (χ2v) is 7.96. The van der Waals surface area contributed by atoms with Gasteiger partial charge >= 0.3 is 23.9 Å². The molecule has 10 nitrogen and oxygen atoms in total. The van der Waals surface area contributed by atoms with E-state index in [-0.39, 0.29) is 11.1 Å². The fourth-order valence-electron chi connectivity index (χ4n) is 3.51. The molecule has 2 aliphatic rings. The van der Waals surface area contributed by atoms with E-state index in [4.69, 9.17) is 18.9 Å². The Balaban J connectivity index is 2.71. The van der Waals surface area contributed by atoms with E-state index >= 15 is 0 Å². The molecule has 0 saturated carbocycles. The quantitative estimate of drug-likeness (QED) is 0.262. The van der Waals surface area contributed by atoms with E-state index in [1.54, 1.807) is 13.0 Å². The van der Waals surface area contributed by atoms with E-state index < -0.39 is 60.3 Å². The molecule has 2 N–H and O–H groups in total. The molecule has 0 spiro atoms. The van der Waals surface area contributed by atoms with Gasteiger partial charge in [0.1, 0.15) is 6.10 Å². The fourth-order valence-corrected chi connectivity index (χ4v) is 3.51. The van der Waals surface area contributed by atoms with Gasteiger partial charge in [0.05, 0.1) is 25.2 Å². The second-order valence-electron chi connectivity index (χ2n) is 7.96. The number of methoxy groups -OCH3 is 1. The summed E-state index contributed by atoms with van der Waals surface area (Å²) in [6.07, 6.45) is 0.110. The van der Waals surface area contributed by atoms with Crippen LogP contribution in [0.3, 0.4) is 0 Å². The van der Waals surface area contributed by atoms with Crippen LogP contribution in [0, 0.1) is 5.92 Å². The Bertz CT molecular complexity index is 866. The van der Waals surface area contributed by atoms with Crippen molar-refractivity contribution in [3.63, 3.8) is 0 Å². The van der Waals surface area contributed by atoms with Crippen LogP contribution in [-0.2, 0) is 38.1 Å². The van der Waals surface area contributed by atoms with Crippen molar-refractivity contribution in [2.24, 2.45) is 5.92 Å². The second kappa shape index (κ2) is 10.1. The molecule has 0 bridgehead atoms. The summed E-state index contributed by atoms with van der Waals surface area (Å²) >= 11 is 0. The third-order valence-electron chi connectivity index (χ3n) is 5.28. The van der Waals surface area contributed by atoms with Crippen molar-refractivity contribution in [1.82, 2.24) is 0 Å². The van der Waals surface area contributed by atoms with Crippen LogP contribution >= 0.6 is 0 Å². The van der Waals surface area contributed by atoms with E-state index in [0.29, 0.717) is 12.8 Å². The first-order chi connectivity index (χ1) is 14.9. The van der Waals surface area contributed by atoms with Crippen molar-refractivity contribution in [2.75, 3.05) is 13.7 Å². The number of carbonyl (C=O) groups is 4. The molecule has 1 heterocycles. The molecule has 2 rings (SSSR count). The molecule has 0 aromatic heterocycles. The van der Waals surface area contributed by atoms with Crippen LogP contribution in [0.25, 0.3) is 0 Å². The number of hydrogen-bond acceptors (Lipinski definition) is 10. The smallest absolute Gasteiger partial charge is 0.340 e. The van der Waals surface area contributed by atoms with Crippen LogP contribution in [0.15, 0.2) is 35.5 Å². The van der Waals surface area contributed by atoms with Gasteiger partial charge in [0.15, 0.2) is 17.8 Å². The van der Waals surface area contributed by atoms with Gasteiger partial charge in [0, 0.05) is 12.5 Å². The fraction of sp³-hybridized carbons (Fsp3) is 0.545. The van der Waals surface area contributed by atoms with Crippen molar-refractivity contribution in [1.29, 1.82) is 0 Å². The van der Waals surface area contributed by atoms with Gasteiger partial charge in [-0.1, -0.05) is 18.2 Å². The summed E-state index contributed by atoms with van der Waals surface area (Å²) in [4.78, 5) is 49.5. The zero-order valence-electron chi connectivity index (χ0n) is 18.5. The molecule has 5 atom stereocenters. The number of fused-ring (bicyclic) bond motifs is 1. The largest absolute Gasteiger partial charge is 0.466 e. The normalized spacial score (nSPS) is 30.9. The zero-order chi connectivity index (χ0) is 24.2. The topological polar surface area (TPSA) is 146 Å². The average molecular weight is 452 g/mol. The Hall–Kier alpha value is -2.98. The molecule has 1 fully saturated rings. The van der Waals surface area contributed by atoms with Crippen molar-refractivity contribution >= 4 is 23.9 Å². The molecule has 0 aromatic carbocycles. The van der Waals surface area contributed by atoms with Crippen LogP contribution in [0.1, 0.15) is 33.6 Å². The van der Waals surface area contributed by atoms with Gasteiger partial charge in [-0.15, -0.1) is 0 Å². The minimum Gasteiger partial charge on any atom is -0.466 e. The number of allylic oxidation sites excluding steroid dienone is 2. The molecule has 1 aliphatic carbocycles. The van der Waals surface area contributed by atoms with Crippen LogP contribution in [-0.4, -0.2) is 71.7 Å². The monoisotopic (exact) mass is 452 g/mol. The molecule has 0 radical (unpaired) electrons. The number of esters is 4. The van der Waals surface area contributed by atoms with Gasteiger partial charge in [0.2, 0.25) is 0 Å². The average Bonchev–Trinajstić information content (AvgIpc) is 2.99. The Morgan fingerprint density at radius 2 is 1.97 bits per heavy atom. The summed E-state index contributed by atoms with van der Waals surface area (Å²) in [5, 5.41) is 19.5. The summed E-state index contributed by atoms with van der Waals surface area (Å²) in [6.45, 7) is 6.71. The lowest BCUT2D eigenvalue weighted by Gasteiger charge is -2.34. The standard InChI is InChI=1S/C22H28O10/c1-11-7-6-8-14(20(26)29-5)17(30-13(3)24)18(32-21(27)22(4,28)10-23)16-12(2)19(25)31-15(16)9-11/h8-9,15-18,23,28H,2,6-7,10H2,1,3-5H3/b11-9+,14-8+/t15-,16+,17?,18+,22?/m1/s1. The SMILES string of the molecule is C=C1C(=O)O[C@@H]2/C=C(\C)CC/C=C(/C(=O)OC)C(OC(C)=O)[C@@H](OC(=O)C(C)(O)CO)[C@@H]12. The minimum atomic E-state index is -2.29. The third-order valence-corrected chi connectivity index (χ3v) is 5.28. The van der Waals surface area contributed by atoms with Gasteiger partial charge in [-0.2, -0.15) is 0 Å². The van der Waals surface area contributed by atoms with Gasteiger partial charge in [-0.25, -0.2) is 14.4 Å². The van der Waals surface area contributed by atoms with Gasteiger partial charge in [0.25, 0.3) is 0 Å². The zero-order valence-corrected chi connectivity index (χ0v) is 18.5. The number of carbonyl (C=O) groups excluding carboxylic acids is 4. The highest BCUT2D eigenvalue weighted by Gasteiger charge is 2.51. The Morgan fingerprint density at radius 1 is 1.31 bits per heavy atom. The lowest BCUT2D eigenvalue weighted by molar-refractivity contribution is -0.186. The first-order valence-corrected chi connectivity index (χ1v) is 10.00. The van der Waals surface area contributed by atoms with Crippen molar-refractivity contribution < 1.29 is 48.3 Å². The third kappa shape index (κ3) is 5.43. The van der Waals surface area contributed by atoms with E-state index in [9.17, 15) is 29.4 Å². The molecule has 1 aliphatic heterocycles. The van der Waals surface area contributed by atoms with Crippen molar-refractivity contribution in [3.05, 3.63) is 35.5 Å². The molecule has 10 heteroatoms. The summed E-state index contributed by atoms with van der Waals surface area (Å²) < 4.78 is 21.1. The lowest BCUT2D eigenvalue weighted by atomic mass is 9.83. The number of ether oxygens (including phenoxy) is 4. The molecular weight excluding hydrogens is 424 g/mol. The van der Waals surface area contributed by atoms with Gasteiger partial charge < -0.3 is 29.2 Å². The Labute approximate surface area is 185 Å². The lowest BCUT2D eigenvalue weighted by Crippen LogP contribution is -2.50. The summed E-state index contributed by atoms with van der Waals surface area (Å²) in [5.41, 5.74) is -1.63. The van der Waals surface area contributed by atoms with Crippen molar-refractivity contribution in [2.45, 2.75) is 57.5 Å². The van der Waals surface area contributed by atoms with E-state index in [1.807, 2.05) is 0 Å². The maximum atomic E-state index is 12.7. The molecular formula is C22H28O10. The highest BCUT2D eigenvalue weighted by molar-refractivity contribution is 5.93. The number of aliphatic hydroxyl groups is 2. The first kappa shape index (κ1) is 25.3. The number of hydrogen-bond donors (Lipinski definition) is 2. The molecule has 176 valence electrons. The number of rotatable bonds is 5. The molecule has 2 unspecified atom stereocenters. The summed E-state index contributed by atoms with van der Waals surface area (Å²) in [7, 11) is 1.14.